The van der Waals surface area contributed by atoms with Crippen molar-refractivity contribution in [3.63, 3.8) is 0 Å². The van der Waals surface area contributed by atoms with E-state index < -0.39 is 5.60 Å². The van der Waals surface area contributed by atoms with Crippen molar-refractivity contribution in [1.29, 1.82) is 0 Å². The summed E-state index contributed by atoms with van der Waals surface area (Å²) in [4.78, 5) is 11.2. The van der Waals surface area contributed by atoms with Gasteiger partial charge in [0, 0.05) is 12.3 Å². The molecule has 0 saturated carbocycles. The minimum Gasteiger partial charge on any atom is -0.345 e. The molecule has 0 radical (unpaired) electrons. The smallest absolute Gasteiger partial charge is 0.161 e. The lowest BCUT2D eigenvalue weighted by atomic mass is 9.89. The zero-order valence-electron chi connectivity index (χ0n) is 8.82. The highest BCUT2D eigenvalue weighted by Crippen LogP contribution is 2.37. The normalized spacial score (nSPS) is 41.9. The number of fused-ring (bicyclic) bond motifs is 1. The van der Waals surface area contributed by atoms with Gasteiger partial charge >= 0.3 is 0 Å². The number of rotatable bonds is 1. The molecule has 1 heterocycles. The zero-order chi connectivity index (χ0) is 10.3. The van der Waals surface area contributed by atoms with E-state index in [1.165, 1.54) is 0 Å². The summed E-state index contributed by atoms with van der Waals surface area (Å²) >= 11 is 0. The molecule has 0 aromatic carbocycles. The van der Waals surface area contributed by atoms with Crippen molar-refractivity contribution >= 4 is 5.78 Å². The predicted molar refractivity (Wildman–Crippen MR) is 51.8 cm³/mol. The summed E-state index contributed by atoms with van der Waals surface area (Å²) in [6.07, 6.45) is 3.58. The van der Waals surface area contributed by atoms with Crippen LogP contribution in [0.4, 0.5) is 0 Å². The summed E-state index contributed by atoms with van der Waals surface area (Å²) in [7, 11) is 0. The molecule has 3 nitrogen and oxygen atoms in total. The van der Waals surface area contributed by atoms with Crippen molar-refractivity contribution in [3.05, 3.63) is 12.2 Å². The summed E-state index contributed by atoms with van der Waals surface area (Å²) < 4.78 is 11.5. The summed E-state index contributed by atoms with van der Waals surface area (Å²) in [5.74, 6) is 0.446. The van der Waals surface area contributed by atoms with E-state index >= 15 is 0 Å². The maximum Gasteiger partial charge on any atom is 0.161 e. The van der Waals surface area contributed by atoms with Gasteiger partial charge in [0.05, 0.1) is 0 Å². The van der Waals surface area contributed by atoms with Crippen LogP contribution in [0, 0.1) is 5.92 Å². The van der Waals surface area contributed by atoms with Gasteiger partial charge in [0.2, 0.25) is 0 Å². The van der Waals surface area contributed by atoms with E-state index in [9.17, 15) is 4.79 Å². The standard InChI is InChI=1S/C11H16O3/c1-7(2)10-13-9-6-8(12)4-5-11(9,3)14-10/h4-5,7,9-10H,6H2,1-3H3/t9-,10+,11+/m0/s1. The van der Waals surface area contributed by atoms with Gasteiger partial charge in [0.15, 0.2) is 12.1 Å². The average Bonchev–Trinajstić information content (AvgIpc) is 2.43. The monoisotopic (exact) mass is 196 g/mol. The molecule has 14 heavy (non-hydrogen) atoms. The Labute approximate surface area is 84.1 Å². The van der Waals surface area contributed by atoms with E-state index in [2.05, 4.69) is 13.8 Å². The Hall–Kier alpha value is -0.670. The molecule has 78 valence electrons. The number of ether oxygens (including phenoxy) is 2. The first-order valence-corrected chi connectivity index (χ1v) is 5.06. The highest BCUT2D eigenvalue weighted by Gasteiger charge is 2.47. The zero-order valence-corrected chi connectivity index (χ0v) is 8.82. The SMILES string of the molecule is CC(C)[C@@H]1O[C@H]2CC(=O)C=C[C@@]2(C)O1. The third kappa shape index (κ3) is 1.51. The Balaban J connectivity index is 2.18. The molecule has 0 aromatic rings. The van der Waals surface area contributed by atoms with E-state index in [-0.39, 0.29) is 18.2 Å². The van der Waals surface area contributed by atoms with Gasteiger partial charge < -0.3 is 9.47 Å². The summed E-state index contributed by atoms with van der Waals surface area (Å²) in [6, 6.07) is 0. The predicted octanol–water partition coefficient (Wildman–Crippen LogP) is 1.67. The Morgan fingerprint density at radius 2 is 2.29 bits per heavy atom. The van der Waals surface area contributed by atoms with Crippen LogP contribution < -0.4 is 0 Å². The minimum absolute atomic E-state index is 0.104. The molecule has 0 amide bonds. The van der Waals surface area contributed by atoms with Crippen LogP contribution in [0.1, 0.15) is 27.2 Å². The molecule has 0 unspecified atom stereocenters. The second-order valence-corrected chi connectivity index (χ2v) is 4.54. The number of carbonyl (C=O) groups is 1. The first kappa shape index (κ1) is 9.87. The maximum atomic E-state index is 11.2. The maximum absolute atomic E-state index is 11.2. The van der Waals surface area contributed by atoms with Crippen molar-refractivity contribution in [3.8, 4) is 0 Å². The van der Waals surface area contributed by atoms with E-state index in [0.717, 1.165) is 0 Å². The first-order chi connectivity index (χ1) is 6.51. The van der Waals surface area contributed by atoms with Crippen molar-refractivity contribution < 1.29 is 14.3 Å². The van der Waals surface area contributed by atoms with Crippen LogP contribution >= 0.6 is 0 Å². The molecule has 1 aliphatic heterocycles. The molecule has 2 aliphatic rings. The Morgan fingerprint density at radius 3 is 2.93 bits per heavy atom. The molecule has 1 aliphatic carbocycles. The molecule has 0 aromatic heterocycles. The average molecular weight is 196 g/mol. The highest BCUT2D eigenvalue weighted by atomic mass is 16.7. The third-order valence-corrected chi connectivity index (χ3v) is 2.84. The quantitative estimate of drug-likeness (QED) is 0.640. The number of allylic oxidation sites excluding steroid dienone is 1. The van der Waals surface area contributed by atoms with Gasteiger partial charge in [-0.15, -0.1) is 0 Å². The second-order valence-electron chi connectivity index (χ2n) is 4.54. The lowest BCUT2D eigenvalue weighted by molar-refractivity contribution is -0.119. The van der Waals surface area contributed by atoms with E-state index in [1.54, 1.807) is 6.08 Å². The first-order valence-electron chi connectivity index (χ1n) is 5.06. The lowest BCUT2D eigenvalue weighted by Gasteiger charge is -2.27. The Kier molecular flexibility index (Phi) is 2.24. The van der Waals surface area contributed by atoms with Gasteiger partial charge in [-0.25, -0.2) is 0 Å². The fraction of sp³-hybridized carbons (Fsp3) is 0.727. The van der Waals surface area contributed by atoms with Gasteiger partial charge in [-0.1, -0.05) is 13.8 Å². The molecule has 3 heteroatoms. The van der Waals surface area contributed by atoms with Crippen LogP contribution in [0.2, 0.25) is 0 Å². The fourth-order valence-corrected chi connectivity index (χ4v) is 1.85. The number of hydrogen-bond acceptors (Lipinski definition) is 3. The van der Waals surface area contributed by atoms with Gasteiger partial charge in [0.25, 0.3) is 0 Å². The van der Waals surface area contributed by atoms with Gasteiger partial charge in [-0.05, 0) is 19.1 Å². The lowest BCUT2D eigenvalue weighted by Crippen LogP contribution is -2.38. The minimum atomic E-state index is -0.400. The molecule has 1 saturated heterocycles. The van der Waals surface area contributed by atoms with Gasteiger partial charge in [0.1, 0.15) is 11.7 Å². The number of carbonyl (C=O) groups excluding carboxylic acids is 1. The van der Waals surface area contributed by atoms with E-state index in [4.69, 9.17) is 9.47 Å². The largest absolute Gasteiger partial charge is 0.345 e. The van der Waals surface area contributed by atoms with E-state index in [0.29, 0.717) is 12.3 Å². The van der Waals surface area contributed by atoms with Crippen molar-refractivity contribution in [2.24, 2.45) is 5.92 Å². The third-order valence-electron chi connectivity index (χ3n) is 2.84. The molecular formula is C11H16O3. The topological polar surface area (TPSA) is 35.5 Å². The Morgan fingerprint density at radius 1 is 1.57 bits per heavy atom. The van der Waals surface area contributed by atoms with Crippen LogP contribution in [0.15, 0.2) is 12.2 Å². The molecule has 0 N–H and O–H groups in total. The molecule has 1 fully saturated rings. The summed E-state index contributed by atoms with van der Waals surface area (Å²) in [5.41, 5.74) is -0.400. The molecule has 0 spiro atoms. The van der Waals surface area contributed by atoms with Crippen molar-refractivity contribution in [1.82, 2.24) is 0 Å². The van der Waals surface area contributed by atoms with E-state index in [1.807, 2.05) is 13.0 Å². The van der Waals surface area contributed by atoms with Crippen LogP contribution in [0.3, 0.4) is 0 Å². The molecule has 2 rings (SSSR count). The van der Waals surface area contributed by atoms with Crippen LogP contribution in [-0.2, 0) is 14.3 Å². The summed E-state index contributed by atoms with van der Waals surface area (Å²) in [6.45, 7) is 6.08. The van der Waals surface area contributed by atoms with Crippen molar-refractivity contribution in [2.45, 2.75) is 45.2 Å². The molecular weight excluding hydrogens is 180 g/mol. The molecule has 0 bridgehead atoms. The van der Waals surface area contributed by atoms with Gasteiger partial charge in [-0.2, -0.15) is 0 Å². The number of ketones is 1. The fourth-order valence-electron chi connectivity index (χ4n) is 1.85. The van der Waals surface area contributed by atoms with Crippen molar-refractivity contribution in [2.75, 3.05) is 0 Å². The Bertz CT molecular complexity index is 282. The number of hydrogen-bond donors (Lipinski definition) is 0. The van der Waals surface area contributed by atoms with Crippen LogP contribution in [0.5, 0.6) is 0 Å². The second kappa shape index (κ2) is 3.17. The summed E-state index contributed by atoms with van der Waals surface area (Å²) in [5, 5.41) is 0. The molecule has 3 atom stereocenters. The van der Waals surface area contributed by atoms with Crippen LogP contribution in [-0.4, -0.2) is 23.8 Å². The van der Waals surface area contributed by atoms with Gasteiger partial charge in [-0.3, -0.25) is 4.79 Å². The highest BCUT2D eigenvalue weighted by molar-refractivity contribution is 5.91. The van der Waals surface area contributed by atoms with Crippen LogP contribution in [0.25, 0.3) is 0 Å².